The van der Waals surface area contributed by atoms with E-state index in [1.807, 2.05) is 32.2 Å². The van der Waals surface area contributed by atoms with Gasteiger partial charge >= 0.3 is 0 Å². The Balaban J connectivity index is 2.76. The van der Waals surface area contributed by atoms with Crippen LogP contribution in [0.25, 0.3) is 0 Å². The summed E-state index contributed by atoms with van der Waals surface area (Å²) in [5, 5.41) is 9.30. The Morgan fingerprint density at radius 2 is 2.20 bits per heavy atom. The van der Waals surface area contributed by atoms with Crippen molar-refractivity contribution in [1.82, 2.24) is 4.90 Å². The van der Waals surface area contributed by atoms with Crippen LogP contribution in [0.3, 0.4) is 0 Å². The third-order valence-electron chi connectivity index (χ3n) is 2.97. The van der Waals surface area contributed by atoms with Crippen LogP contribution in [0, 0.1) is 11.8 Å². The molecule has 0 aliphatic carbocycles. The van der Waals surface area contributed by atoms with E-state index in [0.29, 0.717) is 6.54 Å². The van der Waals surface area contributed by atoms with Gasteiger partial charge in [-0.25, -0.2) is 0 Å². The molecule has 4 nitrogen and oxygen atoms in total. The number of rotatable bonds is 6. The number of aliphatic hydroxyl groups excluding tert-OH is 1. The van der Waals surface area contributed by atoms with Crippen LogP contribution >= 0.6 is 0 Å². The lowest BCUT2D eigenvalue weighted by Crippen LogP contribution is -2.22. The Morgan fingerprint density at radius 1 is 1.45 bits per heavy atom. The van der Waals surface area contributed by atoms with Crippen molar-refractivity contribution < 1.29 is 9.84 Å². The molecule has 0 saturated carbocycles. The number of methoxy groups -OCH3 is 1. The van der Waals surface area contributed by atoms with Gasteiger partial charge in [-0.1, -0.05) is 17.9 Å². The zero-order valence-corrected chi connectivity index (χ0v) is 12.5. The summed E-state index contributed by atoms with van der Waals surface area (Å²) in [6, 6.07) is 5.99. The second kappa shape index (κ2) is 8.60. The molecular weight excluding hydrogens is 252 g/mol. The summed E-state index contributed by atoms with van der Waals surface area (Å²) in [6.07, 6.45) is 0.506. The van der Waals surface area contributed by atoms with Gasteiger partial charge in [-0.15, -0.1) is 0 Å². The molecule has 0 saturated heterocycles. The van der Waals surface area contributed by atoms with Crippen molar-refractivity contribution in [3.63, 3.8) is 0 Å². The summed E-state index contributed by atoms with van der Waals surface area (Å²) in [4.78, 5) is 2.18. The fourth-order valence-corrected chi connectivity index (χ4v) is 1.90. The highest BCUT2D eigenvalue weighted by Crippen LogP contribution is 2.19. The van der Waals surface area contributed by atoms with E-state index in [4.69, 9.17) is 10.5 Å². The molecule has 1 atom stereocenters. The SMILES string of the molecule is COc1ccc(CN(C)CCC(C)O)cc1C#CCN. The third-order valence-corrected chi connectivity index (χ3v) is 2.97. The summed E-state index contributed by atoms with van der Waals surface area (Å²) < 4.78 is 5.29. The monoisotopic (exact) mass is 276 g/mol. The first-order chi connectivity index (χ1) is 9.56. The maximum Gasteiger partial charge on any atom is 0.134 e. The predicted octanol–water partition coefficient (Wildman–Crippen LogP) is 1.21. The minimum absolute atomic E-state index is 0.265. The molecule has 0 radical (unpaired) electrons. The van der Waals surface area contributed by atoms with Gasteiger partial charge in [0, 0.05) is 13.1 Å². The molecule has 0 heterocycles. The number of ether oxygens (including phenoxy) is 1. The van der Waals surface area contributed by atoms with Crippen LogP contribution in [0.5, 0.6) is 5.75 Å². The van der Waals surface area contributed by atoms with Crippen LogP contribution in [0.15, 0.2) is 18.2 Å². The maximum atomic E-state index is 9.30. The van der Waals surface area contributed by atoms with E-state index in [1.54, 1.807) is 7.11 Å². The van der Waals surface area contributed by atoms with Crippen LogP contribution in [-0.2, 0) is 6.54 Å². The molecule has 110 valence electrons. The number of nitrogens with two attached hydrogens (primary N) is 1. The molecule has 0 aliphatic rings. The number of nitrogens with zero attached hydrogens (tertiary/aromatic N) is 1. The zero-order chi connectivity index (χ0) is 15.0. The first-order valence-electron chi connectivity index (χ1n) is 6.79. The van der Waals surface area contributed by atoms with Gasteiger partial charge in [0.2, 0.25) is 0 Å². The number of benzene rings is 1. The molecule has 1 aromatic rings. The Bertz CT molecular complexity index is 475. The Labute approximate surface area is 121 Å². The summed E-state index contributed by atoms with van der Waals surface area (Å²) >= 11 is 0. The fourth-order valence-electron chi connectivity index (χ4n) is 1.90. The van der Waals surface area contributed by atoms with Gasteiger partial charge in [0.05, 0.1) is 25.3 Å². The average molecular weight is 276 g/mol. The maximum absolute atomic E-state index is 9.30. The molecule has 3 N–H and O–H groups in total. The third kappa shape index (κ3) is 5.62. The highest BCUT2D eigenvalue weighted by Gasteiger charge is 2.06. The van der Waals surface area contributed by atoms with Crippen molar-refractivity contribution >= 4 is 0 Å². The normalized spacial score (nSPS) is 11.9. The number of aliphatic hydroxyl groups is 1. The van der Waals surface area contributed by atoms with E-state index >= 15 is 0 Å². The van der Waals surface area contributed by atoms with E-state index in [1.165, 1.54) is 5.56 Å². The largest absolute Gasteiger partial charge is 0.495 e. The molecule has 1 aromatic carbocycles. The lowest BCUT2D eigenvalue weighted by atomic mass is 10.1. The number of hydrogen-bond donors (Lipinski definition) is 2. The molecule has 1 rings (SSSR count). The van der Waals surface area contributed by atoms with Gasteiger partial charge in [0.25, 0.3) is 0 Å². The fraction of sp³-hybridized carbons (Fsp3) is 0.500. The average Bonchev–Trinajstić information content (AvgIpc) is 2.43. The van der Waals surface area contributed by atoms with Crippen molar-refractivity contribution in [2.45, 2.75) is 26.0 Å². The highest BCUT2D eigenvalue weighted by atomic mass is 16.5. The van der Waals surface area contributed by atoms with E-state index in [2.05, 4.69) is 16.7 Å². The topological polar surface area (TPSA) is 58.7 Å². The Hall–Kier alpha value is -1.54. The smallest absolute Gasteiger partial charge is 0.134 e. The van der Waals surface area contributed by atoms with Gasteiger partial charge in [0.15, 0.2) is 0 Å². The molecule has 0 aromatic heterocycles. The van der Waals surface area contributed by atoms with E-state index in [-0.39, 0.29) is 6.10 Å². The van der Waals surface area contributed by atoms with Crippen molar-refractivity contribution in [2.75, 3.05) is 27.2 Å². The van der Waals surface area contributed by atoms with Crippen molar-refractivity contribution in [3.8, 4) is 17.6 Å². The molecule has 0 bridgehead atoms. The summed E-state index contributed by atoms with van der Waals surface area (Å²) in [7, 11) is 3.68. The summed E-state index contributed by atoms with van der Waals surface area (Å²) in [6.45, 7) is 3.81. The molecule has 0 fully saturated rings. The predicted molar refractivity (Wildman–Crippen MR) is 81.6 cm³/mol. The van der Waals surface area contributed by atoms with E-state index < -0.39 is 0 Å². The lowest BCUT2D eigenvalue weighted by molar-refractivity contribution is 0.163. The Morgan fingerprint density at radius 3 is 2.80 bits per heavy atom. The van der Waals surface area contributed by atoms with Crippen LogP contribution in [0.1, 0.15) is 24.5 Å². The summed E-state index contributed by atoms with van der Waals surface area (Å²) in [5.74, 6) is 6.65. The van der Waals surface area contributed by atoms with Crippen molar-refractivity contribution in [1.29, 1.82) is 0 Å². The van der Waals surface area contributed by atoms with Gasteiger partial charge in [-0.3, -0.25) is 0 Å². The van der Waals surface area contributed by atoms with E-state index in [0.717, 1.165) is 30.8 Å². The minimum Gasteiger partial charge on any atom is -0.495 e. The lowest BCUT2D eigenvalue weighted by Gasteiger charge is -2.18. The van der Waals surface area contributed by atoms with Gasteiger partial charge < -0.3 is 20.5 Å². The first kappa shape index (κ1) is 16.5. The second-order valence-electron chi connectivity index (χ2n) is 4.92. The number of hydrogen-bond acceptors (Lipinski definition) is 4. The molecule has 0 amide bonds. The minimum atomic E-state index is -0.265. The van der Waals surface area contributed by atoms with Gasteiger partial charge in [-0.2, -0.15) is 0 Å². The van der Waals surface area contributed by atoms with Crippen LogP contribution < -0.4 is 10.5 Å². The van der Waals surface area contributed by atoms with E-state index in [9.17, 15) is 5.11 Å². The molecule has 4 heteroatoms. The molecule has 0 aliphatic heterocycles. The highest BCUT2D eigenvalue weighted by molar-refractivity contribution is 5.48. The van der Waals surface area contributed by atoms with Crippen molar-refractivity contribution in [3.05, 3.63) is 29.3 Å². The first-order valence-corrected chi connectivity index (χ1v) is 6.79. The standard InChI is InChI=1S/C16H24N2O2/c1-13(19)8-10-18(2)12-14-6-7-16(20-3)15(11-14)5-4-9-17/h6-7,11,13,19H,8-10,12,17H2,1-3H3. The van der Waals surface area contributed by atoms with Gasteiger partial charge in [0.1, 0.15) is 5.75 Å². The van der Waals surface area contributed by atoms with Crippen LogP contribution in [0.4, 0.5) is 0 Å². The quantitative estimate of drug-likeness (QED) is 0.767. The summed E-state index contributed by atoms with van der Waals surface area (Å²) in [5.41, 5.74) is 7.44. The van der Waals surface area contributed by atoms with Crippen LogP contribution in [-0.4, -0.2) is 43.4 Å². The second-order valence-corrected chi connectivity index (χ2v) is 4.92. The molecule has 1 unspecified atom stereocenters. The van der Waals surface area contributed by atoms with Gasteiger partial charge in [-0.05, 0) is 38.1 Å². The molecule has 0 spiro atoms. The van der Waals surface area contributed by atoms with Crippen molar-refractivity contribution in [2.24, 2.45) is 5.73 Å². The molecular formula is C16H24N2O2. The van der Waals surface area contributed by atoms with Crippen LogP contribution in [0.2, 0.25) is 0 Å². The molecule has 20 heavy (non-hydrogen) atoms. The zero-order valence-electron chi connectivity index (χ0n) is 12.5. The Kier molecular flexibility index (Phi) is 7.10.